The van der Waals surface area contributed by atoms with Gasteiger partial charge in [-0.15, -0.1) is 0 Å². The molecule has 0 aromatic heterocycles. The first-order valence-electron chi connectivity index (χ1n) is 5.86. The maximum absolute atomic E-state index is 13.5. The average Bonchev–Trinajstić information content (AvgIpc) is 2.51. The highest BCUT2D eigenvalue weighted by atomic mass is 19.2. The number of carbonyl (C=O) groups is 1. The fraction of sp³-hybridized carbons (Fsp3) is 0.0714. The van der Waals surface area contributed by atoms with E-state index in [2.05, 4.69) is 0 Å². The Morgan fingerprint density at radius 2 is 1.41 bits per heavy atom. The number of primary amides is 1. The molecule has 2 N–H and O–H groups in total. The normalized spacial score (nSPS) is 10.6. The van der Waals surface area contributed by atoms with E-state index in [9.17, 15) is 26.7 Å². The second kappa shape index (κ2) is 6.00. The number of benzene rings is 2. The molecule has 0 atom stereocenters. The Morgan fingerprint density at radius 1 is 0.909 bits per heavy atom. The summed E-state index contributed by atoms with van der Waals surface area (Å²) in [5.41, 5.74) is 3.84. The van der Waals surface area contributed by atoms with Crippen LogP contribution in [-0.4, -0.2) is 5.91 Å². The number of halogens is 5. The van der Waals surface area contributed by atoms with Crippen LogP contribution in [0, 0.1) is 29.1 Å². The van der Waals surface area contributed by atoms with Gasteiger partial charge in [0.2, 0.25) is 5.82 Å². The summed E-state index contributed by atoms with van der Waals surface area (Å²) in [5, 5.41) is 0. The zero-order chi connectivity index (χ0) is 16.4. The second-order valence-electron chi connectivity index (χ2n) is 4.20. The van der Waals surface area contributed by atoms with Gasteiger partial charge in [0.05, 0.1) is 11.1 Å². The lowest BCUT2D eigenvalue weighted by molar-refractivity contribution is 0.0996. The molecule has 0 radical (unpaired) electrons. The maximum atomic E-state index is 13.5. The minimum atomic E-state index is -2.25. The van der Waals surface area contributed by atoms with Crippen molar-refractivity contribution in [2.45, 2.75) is 6.61 Å². The predicted molar refractivity (Wildman–Crippen MR) is 65.5 cm³/mol. The number of hydrogen-bond acceptors (Lipinski definition) is 2. The van der Waals surface area contributed by atoms with E-state index in [0.29, 0.717) is 0 Å². The molecule has 0 fully saturated rings. The molecule has 1 amide bonds. The molecule has 2 aromatic carbocycles. The van der Waals surface area contributed by atoms with Crippen LogP contribution in [0.4, 0.5) is 22.0 Å². The zero-order valence-electron chi connectivity index (χ0n) is 10.8. The lowest BCUT2D eigenvalue weighted by Gasteiger charge is -2.11. The van der Waals surface area contributed by atoms with Gasteiger partial charge in [-0.05, 0) is 12.1 Å². The Bertz CT molecular complexity index is 719. The highest BCUT2D eigenvalue weighted by Crippen LogP contribution is 2.25. The average molecular weight is 317 g/mol. The van der Waals surface area contributed by atoms with E-state index >= 15 is 0 Å². The standard InChI is InChI=1S/C14H8F5NO2/c15-9-7(10(16)12(18)13(19)11(9)17)5-22-8-4-2-1-3-6(8)14(20)21/h1-4H,5H2,(H2,20,21). The van der Waals surface area contributed by atoms with Gasteiger partial charge in [-0.1, -0.05) is 12.1 Å². The van der Waals surface area contributed by atoms with Gasteiger partial charge >= 0.3 is 0 Å². The van der Waals surface area contributed by atoms with Crippen molar-refractivity contribution in [2.24, 2.45) is 5.73 Å². The van der Waals surface area contributed by atoms with Crippen molar-refractivity contribution in [2.75, 3.05) is 0 Å². The van der Waals surface area contributed by atoms with Crippen LogP contribution < -0.4 is 10.5 Å². The van der Waals surface area contributed by atoms with E-state index in [1.165, 1.54) is 24.3 Å². The van der Waals surface area contributed by atoms with Crippen molar-refractivity contribution in [1.29, 1.82) is 0 Å². The van der Waals surface area contributed by atoms with Crippen molar-refractivity contribution in [3.8, 4) is 5.75 Å². The summed E-state index contributed by atoms with van der Waals surface area (Å²) >= 11 is 0. The van der Waals surface area contributed by atoms with Gasteiger partial charge in [0.25, 0.3) is 5.91 Å². The molecule has 0 saturated heterocycles. The molecule has 2 aromatic rings. The van der Waals surface area contributed by atoms with Gasteiger partial charge in [-0.25, -0.2) is 22.0 Å². The molecule has 116 valence electrons. The van der Waals surface area contributed by atoms with Crippen LogP contribution in [0.1, 0.15) is 15.9 Å². The smallest absolute Gasteiger partial charge is 0.252 e. The van der Waals surface area contributed by atoms with E-state index in [0.717, 1.165) is 0 Å². The molecule has 0 saturated carbocycles. The highest BCUT2D eigenvalue weighted by molar-refractivity contribution is 5.95. The van der Waals surface area contributed by atoms with Crippen molar-refractivity contribution < 1.29 is 31.5 Å². The van der Waals surface area contributed by atoms with E-state index in [1.54, 1.807) is 0 Å². The Kier molecular flexibility index (Phi) is 4.30. The predicted octanol–water partition coefficient (Wildman–Crippen LogP) is 3.06. The summed E-state index contributed by atoms with van der Waals surface area (Å²) in [5.74, 6) is -11.4. The first kappa shape index (κ1) is 15.7. The number of amides is 1. The first-order chi connectivity index (χ1) is 10.3. The summed E-state index contributed by atoms with van der Waals surface area (Å²) in [4.78, 5) is 11.1. The van der Waals surface area contributed by atoms with Crippen LogP contribution in [-0.2, 0) is 6.61 Å². The van der Waals surface area contributed by atoms with Gasteiger partial charge in [0, 0.05) is 0 Å². The van der Waals surface area contributed by atoms with Gasteiger partial charge in [0.1, 0.15) is 12.4 Å². The molecular formula is C14H8F5NO2. The van der Waals surface area contributed by atoms with Gasteiger partial charge < -0.3 is 10.5 Å². The van der Waals surface area contributed by atoms with Crippen molar-refractivity contribution >= 4 is 5.91 Å². The van der Waals surface area contributed by atoms with Crippen molar-refractivity contribution in [3.63, 3.8) is 0 Å². The minimum absolute atomic E-state index is 0.0913. The van der Waals surface area contributed by atoms with E-state index in [1.807, 2.05) is 0 Å². The van der Waals surface area contributed by atoms with Gasteiger partial charge in [0.15, 0.2) is 23.3 Å². The minimum Gasteiger partial charge on any atom is -0.488 e. The highest BCUT2D eigenvalue weighted by Gasteiger charge is 2.26. The van der Waals surface area contributed by atoms with Crippen LogP contribution in [0.25, 0.3) is 0 Å². The molecule has 3 nitrogen and oxygen atoms in total. The van der Waals surface area contributed by atoms with Crippen molar-refractivity contribution in [3.05, 3.63) is 64.5 Å². The summed E-state index contributed by atoms with van der Waals surface area (Å²) in [6, 6.07) is 5.47. The topological polar surface area (TPSA) is 52.3 Å². The maximum Gasteiger partial charge on any atom is 0.252 e. The van der Waals surface area contributed by atoms with Crippen LogP contribution in [0.2, 0.25) is 0 Å². The summed E-state index contributed by atoms with van der Waals surface area (Å²) in [6.45, 7) is -0.962. The number of nitrogens with two attached hydrogens (primary N) is 1. The number of hydrogen-bond donors (Lipinski definition) is 1. The fourth-order valence-corrected chi connectivity index (χ4v) is 1.72. The van der Waals surface area contributed by atoms with Crippen LogP contribution in [0.3, 0.4) is 0 Å². The number of carbonyl (C=O) groups excluding carboxylic acids is 1. The number of rotatable bonds is 4. The van der Waals surface area contributed by atoms with Crippen LogP contribution in [0.15, 0.2) is 24.3 Å². The Morgan fingerprint density at radius 3 is 1.95 bits per heavy atom. The quantitative estimate of drug-likeness (QED) is 0.535. The number of ether oxygens (including phenoxy) is 1. The Hall–Kier alpha value is -2.64. The summed E-state index contributed by atoms with van der Waals surface area (Å²) in [7, 11) is 0. The number of para-hydroxylation sites is 1. The molecule has 0 aliphatic carbocycles. The van der Waals surface area contributed by atoms with Gasteiger partial charge in [-0.2, -0.15) is 0 Å². The largest absolute Gasteiger partial charge is 0.488 e. The SMILES string of the molecule is NC(=O)c1ccccc1OCc1c(F)c(F)c(F)c(F)c1F. The molecule has 0 heterocycles. The molecule has 0 bridgehead atoms. The first-order valence-corrected chi connectivity index (χ1v) is 5.86. The zero-order valence-corrected chi connectivity index (χ0v) is 10.8. The second-order valence-corrected chi connectivity index (χ2v) is 4.20. The lowest BCUT2D eigenvalue weighted by atomic mass is 10.1. The molecular weight excluding hydrogens is 309 g/mol. The van der Waals surface area contributed by atoms with E-state index < -0.39 is 47.2 Å². The molecule has 0 aliphatic rings. The summed E-state index contributed by atoms with van der Waals surface area (Å²) in [6.07, 6.45) is 0. The van der Waals surface area contributed by atoms with Crippen LogP contribution >= 0.6 is 0 Å². The third-order valence-electron chi connectivity index (χ3n) is 2.83. The third-order valence-corrected chi connectivity index (χ3v) is 2.83. The fourth-order valence-electron chi connectivity index (χ4n) is 1.72. The van der Waals surface area contributed by atoms with Gasteiger partial charge in [-0.3, -0.25) is 4.79 Å². The third kappa shape index (κ3) is 2.72. The monoisotopic (exact) mass is 317 g/mol. The molecule has 0 aliphatic heterocycles. The van der Waals surface area contributed by atoms with Crippen LogP contribution in [0.5, 0.6) is 5.75 Å². The molecule has 22 heavy (non-hydrogen) atoms. The molecule has 8 heteroatoms. The lowest BCUT2D eigenvalue weighted by Crippen LogP contribution is -2.14. The van der Waals surface area contributed by atoms with E-state index in [4.69, 9.17) is 10.5 Å². The Balaban J connectivity index is 2.36. The van der Waals surface area contributed by atoms with Crippen molar-refractivity contribution in [1.82, 2.24) is 0 Å². The van der Waals surface area contributed by atoms with E-state index in [-0.39, 0.29) is 11.3 Å². The molecule has 0 unspecified atom stereocenters. The Labute approximate surface area is 121 Å². The molecule has 2 rings (SSSR count). The summed E-state index contributed by atoms with van der Waals surface area (Å²) < 4.78 is 70.9. The molecule has 0 spiro atoms.